The fourth-order valence-corrected chi connectivity index (χ4v) is 5.73. The van der Waals surface area contributed by atoms with Crippen molar-refractivity contribution in [3.05, 3.63) is 76.6 Å². The highest BCUT2D eigenvalue weighted by molar-refractivity contribution is 6.10. The summed E-state index contributed by atoms with van der Waals surface area (Å²) in [6.07, 6.45) is 12.1. The second-order valence-electron chi connectivity index (χ2n) is 12.3. The van der Waals surface area contributed by atoms with Gasteiger partial charge in [-0.2, -0.15) is 0 Å². The first-order valence-corrected chi connectivity index (χ1v) is 17.2. The highest BCUT2D eigenvalue weighted by atomic mass is 16.5. The number of carbonyl (C=O) groups is 2. The summed E-state index contributed by atoms with van der Waals surface area (Å²) in [4.78, 5) is 31.7. The number of unbranched alkanes of at least 4 members (excludes halogenated alkanes) is 3. The molecule has 0 saturated heterocycles. The van der Waals surface area contributed by atoms with E-state index in [9.17, 15) is 9.59 Å². The molecule has 1 aromatic carbocycles. The van der Waals surface area contributed by atoms with Gasteiger partial charge in [-0.15, -0.1) is 0 Å². The minimum Gasteiger partial charge on any atom is -0.377 e. The minimum atomic E-state index is -0.0130. The highest BCUT2D eigenvalue weighted by Gasteiger charge is 2.21. The summed E-state index contributed by atoms with van der Waals surface area (Å²) >= 11 is 0. The maximum atomic E-state index is 14.0. The molecule has 1 amide bonds. The Labute approximate surface area is 266 Å². The van der Waals surface area contributed by atoms with Crippen LogP contribution < -0.4 is 0 Å². The van der Waals surface area contributed by atoms with Crippen molar-refractivity contribution < 1.29 is 14.3 Å². The van der Waals surface area contributed by atoms with Crippen LogP contribution in [-0.4, -0.2) is 71.3 Å². The number of amides is 1. The molecule has 6 nitrogen and oxygen atoms in total. The van der Waals surface area contributed by atoms with Crippen LogP contribution in [0.5, 0.6) is 0 Å². The topological polar surface area (TPSA) is 54.3 Å². The summed E-state index contributed by atoms with van der Waals surface area (Å²) in [7, 11) is 0. The number of carbonyl (C=O) groups excluding carboxylic acids is 2. The summed E-state index contributed by atoms with van der Waals surface area (Å²) < 4.78 is 7.65. The molecule has 3 aromatic rings. The van der Waals surface area contributed by atoms with Crippen molar-refractivity contribution in [3.63, 3.8) is 0 Å². The zero-order valence-electron chi connectivity index (χ0n) is 28.4. The largest absolute Gasteiger partial charge is 0.377 e. The SMILES string of the molecule is CCCCc1cc2cc(C(=O)N(CC)CCOC(C)C)ccn2c1C(=O)c1ccc(CCCN(CCCC)CCCC)cc1. The van der Waals surface area contributed by atoms with Crippen LogP contribution in [0.2, 0.25) is 0 Å². The van der Waals surface area contributed by atoms with Crippen LogP contribution in [0.3, 0.4) is 0 Å². The number of fused-ring (bicyclic) bond motifs is 1. The zero-order valence-corrected chi connectivity index (χ0v) is 28.4. The Balaban J connectivity index is 1.76. The Kier molecular flexibility index (Phi) is 15.1. The van der Waals surface area contributed by atoms with Crippen LogP contribution in [0.15, 0.2) is 48.7 Å². The number of likely N-dealkylation sites (N-methyl/N-ethyl adjacent to an activating group) is 1. The molecule has 44 heavy (non-hydrogen) atoms. The Bertz CT molecular complexity index is 1290. The molecule has 0 aliphatic heterocycles. The molecule has 0 fully saturated rings. The molecule has 2 heterocycles. The molecule has 0 bridgehead atoms. The van der Waals surface area contributed by atoms with E-state index in [1.165, 1.54) is 44.3 Å². The monoisotopic (exact) mass is 603 g/mol. The molecule has 0 saturated carbocycles. The first-order valence-electron chi connectivity index (χ1n) is 17.2. The van der Waals surface area contributed by atoms with Crippen molar-refractivity contribution in [2.45, 2.75) is 105 Å². The van der Waals surface area contributed by atoms with Gasteiger partial charge >= 0.3 is 0 Å². The number of pyridine rings is 1. The number of hydrogen-bond acceptors (Lipinski definition) is 4. The number of hydrogen-bond donors (Lipinski definition) is 0. The quantitative estimate of drug-likeness (QED) is 0.115. The normalized spacial score (nSPS) is 11.6. The molecule has 0 atom stereocenters. The van der Waals surface area contributed by atoms with E-state index in [2.05, 4.69) is 43.9 Å². The predicted octanol–water partition coefficient (Wildman–Crippen LogP) is 8.23. The summed E-state index contributed by atoms with van der Waals surface area (Å²) in [6, 6.07) is 14.1. The molecule has 0 aliphatic rings. The van der Waals surface area contributed by atoms with E-state index >= 15 is 0 Å². The average molecular weight is 604 g/mol. The van der Waals surface area contributed by atoms with Gasteiger partial charge in [0.25, 0.3) is 5.91 Å². The number of rotatable bonds is 21. The molecular weight excluding hydrogens is 546 g/mol. The molecule has 0 spiro atoms. The van der Waals surface area contributed by atoms with Gasteiger partial charge in [-0.05, 0) is 108 Å². The standard InChI is InChI=1S/C38H57N3O3/c1-7-11-16-33-28-35-29-34(38(43)40(10-4)26-27-44-30(5)6)21-25-41(35)36(33)37(42)32-19-17-31(18-20-32)15-14-24-39(22-12-8-2)23-13-9-3/h17-21,25,28-30H,7-16,22-24,26-27H2,1-6H3. The van der Waals surface area contributed by atoms with Crippen molar-refractivity contribution >= 4 is 17.2 Å². The average Bonchev–Trinajstić information content (AvgIpc) is 3.40. The Hall–Kier alpha value is -2.96. The maximum absolute atomic E-state index is 14.0. The summed E-state index contributed by atoms with van der Waals surface area (Å²) in [6.45, 7) is 17.9. The van der Waals surface area contributed by atoms with Gasteiger partial charge in [0.2, 0.25) is 5.78 Å². The van der Waals surface area contributed by atoms with E-state index in [-0.39, 0.29) is 17.8 Å². The van der Waals surface area contributed by atoms with Gasteiger partial charge in [-0.25, -0.2) is 0 Å². The van der Waals surface area contributed by atoms with Crippen LogP contribution in [-0.2, 0) is 17.6 Å². The van der Waals surface area contributed by atoms with Crippen LogP contribution in [0.4, 0.5) is 0 Å². The van der Waals surface area contributed by atoms with Gasteiger partial charge in [-0.3, -0.25) is 9.59 Å². The Morgan fingerprint density at radius 1 is 0.773 bits per heavy atom. The summed E-state index contributed by atoms with van der Waals surface area (Å²) in [5, 5.41) is 0. The van der Waals surface area contributed by atoms with Crippen LogP contribution in [0.1, 0.15) is 124 Å². The number of aromatic nitrogens is 1. The van der Waals surface area contributed by atoms with E-state index in [4.69, 9.17) is 4.74 Å². The van der Waals surface area contributed by atoms with Crippen molar-refractivity contribution in [1.29, 1.82) is 0 Å². The third-order valence-corrected chi connectivity index (χ3v) is 8.41. The van der Waals surface area contributed by atoms with Gasteiger partial charge in [0.05, 0.1) is 18.4 Å². The lowest BCUT2D eigenvalue weighted by atomic mass is 10.00. The molecule has 242 valence electrons. The minimum absolute atomic E-state index is 0.0130. The fraction of sp³-hybridized carbons (Fsp3) is 0.579. The number of ether oxygens (including phenoxy) is 1. The maximum Gasteiger partial charge on any atom is 0.254 e. The molecule has 0 radical (unpaired) electrons. The lowest BCUT2D eigenvalue weighted by Gasteiger charge is -2.21. The Morgan fingerprint density at radius 2 is 1.43 bits per heavy atom. The van der Waals surface area contributed by atoms with Crippen molar-refractivity contribution in [3.8, 4) is 0 Å². The van der Waals surface area contributed by atoms with Crippen molar-refractivity contribution in [2.24, 2.45) is 0 Å². The fourth-order valence-electron chi connectivity index (χ4n) is 5.73. The van der Waals surface area contributed by atoms with Gasteiger partial charge in [0.1, 0.15) is 0 Å². The molecular formula is C38H57N3O3. The second kappa shape index (κ2) is 18.8. The van der Waals surface area contributed by atoms with Gasteiger partial charge in [0, 0.05) is 35.9 Å². The lowest BCUT2D eigenvalue weighted by Crippen LogP contribution is -2.34. The van der Waals surface area contributed by atoms with E-state index in [1.54, 1.807) is 0 Å². The summed E-state index contributed by atoms with van der Waals surface area (Å²) in [5.41, 5.74) is 5.26. The number of benzene rings is 1. The molecule has 2 aromatic heterocycles. The van der Waals surface area contributed by atoms with Crippen molar-refractivity contribution in [1.82, 2.24) is 14.2 Å². The number of nitrogens with zero attached hydrogens (tertiary/aromatic N) is 3. The first-order chi connectivity index (χ1) is 21.3. The molecule has 3 rings (SSSR count). The van der Waals surface area contributed by atoms with Gasteiger partial charge in [-0.1, -0.05) is 64.3 Å². The third-order valence-electron chi connectivity index (χ3n) is 8.41. The smallest absolute Gasteiger partial charge is 0.254 e. The predicted molar refractivity (Wildman–Crippen MR) is 183 cm³/mol. The molecule has 0 unspecified atom stereocenters. The lowest BCUT2D eigenvalue weighted by molar-refractivity contribution is 0.0493. The third kappa shape index (κ3) is 10.3. The zero-order chi connectivity index (χ0) is 31.9. The van der Waals surface area contributed by atoms with Crippen LogP contribution in [0, 0.1) is 0 Å². The van der Waals surface area contributed by atoms with E-state index in [0.29, 0.717) is 36.5 Å². The Morgan fingerprint density at radius 3 is 2.05 bits per heavy atom. The van der Waals surface area contributed by atoms with E-state index in [1.807, 2.05) is 60.5 Å². The van der Waals surface area contributed by atoms with E-state index < -0.39 is 0 Å². The van der Waals surface area contributed by atoms with E-state index in [0.717, 1.165) is 49.7 Å². The van der Waals surface area contributed by atoms with Crippen LogP contribution in [0.25, 0.3) is 5.52 Å². The van der Waals surface area contributed by atoms with Crippen LogP contribution >= 0.6 is 0 Å². The van der Waals surface area contributed by atoms with Gasteiger partial charge < -0.3 is 18.9 Å². The number of ketones is 1. The molecule has 6 heteroatoms. The first kappa shape index (κ1) is 35.5. The van der Waals surface area contributed by atoms with Crippen molar-refractivity contribution in [2.75, 3.05) is 39.3 Å². The number of aryl methyl sites for hydroxylation is 2. The second-order valence-corrected chi connectivity index (χ2v) is 12.3. The molecule has 0 N–H and O–H groups in total. The summed E-state index contributed by atoms with van der Waals surface area (Å²) in [5.74, 6) is 0.0223. The van der Waals surface area contributed by atoms with Gasteiger partial charge in [0.15, 0.2) is 0 Å². The molecule has 0 aliphatic carbocycles. The highest BCUT2D eigenvalue weighted by Crippen LogP contribution is 2.24.